The lowest BCUT2D eigenvalue weighted by Crippen LogP contribution is -2.34. The molecule has 8 heterocycles. The van der Waals surface area contributed by atoms with E-state index in [0.717, 1.165) is 101 Å². The summed E-state index contributed by atoms with van der Waals surface area (Å²) in [5.74, 6) is 12.8. The fraction of sp³-hybridized carbons (Fsp3) is 0.495. The Hall–Kier alpha value is -8.32. The van der Waals surface area contributed by atoms with Crippen LogP contribution in [0, 0.1) is 13.8 Å². The molecule has 0 saturated heterocycles. The molecule has 2 N–H and O–H groups in total. The maximum Gasteiger partial charge on any atom is 0.127 e. The van der Waals surface area contributed by atoms with Gasteiger partial charge in [0.25, 0.3) is 0 Å². The van der Waals surface area contributed by atoms with E-state index in [9.17, 15) is 10.2 Å². The van der Waals surface area contributed by atoms with E-state index in [-0.39, 0.29) is 52.0 Å². The molecule has 578 valence electrons. The summed E-state index contributed by atoms with van der Waals surface area (Å²) in [5, 5.41) is 19.0. The summed E-state index contributed by atoms with van der Waals surface area (Å²) in [6.07, 6.45) is 5.98. The Bertz CT molecular complexity index is 4120. The lowest BCUT2D eigenvalue weighted by molar-refractivity contribution is 0.0713. The predicted molar refractivity (Wildman–Crippen MR) is 439 cm³/mol. The van der Waals surface area contributed by atoms with Crippen molar-refractivity contribution >= 4 is 5.69 Å². The molecule has 8 unspecified atom stereocenters. The van der Waals surface area contributed by atoms with Crippen LogP contribution in [0.2, 0.25) is 0 Å². The third-order valence-corrected chi connectivity index (χ3v) is 21.8. The average Bonchev–Trinajstić information content (AvgIpc) is 0.815. The quantitative estimate of drug-likeness (QED) is 0.171. The number of aliphatic hydroxyl groups excluding tert-OH is 2. The highest BCUT2D eigenvalue weighted by molar-refractivity contribution is 5.56. The largest absolute Gasteiger partial charge is 0.497 e. The zero-order chi connectivity index (χ0) is 77.9. The molecule has 8 aromatic carbocycles. The topological polar surface area (TPSA) is 127 Å². The molecule has 0 fully saturated rings. The number of methoxy groups -OCH3 is 2. The van der Waals surface area contributed by atoms with Gasteiger partial charge in [-0.05, 0) is 262 Å². The molecule has 10 atom stereocenters. The van der Waals surface area contributed by atoms with Crippen LogP contribution in [0.1, 0.15) is 266 Å². The third kappa shape index (κ3) is 22.2. The molecule has 8 aliphatic rings. The van der Waals surface area contributed by atoms with Crippen molar-refractivity contribution in [3.8, 4) is 51.7 Å². The first-order valence-electron chi connectivity index (χ1n) is 39.1. The van der Waals surface area contributed by atoms with Crippen molar-refractivity contribution in [3.63, 3.8) is 0 Å². The fourth-order valence-corrected chi connectivity index (χ4v) is 16.4. The summed E-state index contributed by atoms with van der Waals surface area (Å²) >= 11 is 0. The van der Waals surface area contributed by atoms with Gasteiger partial charge in [-0.2, -0.15) is 0 Å². The summed E-state index contributed by atoms with van der Waals surface area (Å²) in [6, 6.07) is 57.9. The fourth-order valence-electron chi connectivity index (χ4n) is 16.4. The van der Waals surface area contributed by atoms with Gasteiger partial charge in [-0.25, -0.2) is 0 Å². The number of hydrogen-bond donors (Lipinski definition) is 2. The van der Waals surface area contributed by atoms with Gasteiger partial charge in [-0.1, -0.05) is 164 Å². The molecule has 16 rings (SSSR count). The number of aryl methyl sites for hydroxylation is 2. The maximum absolute atomic E-state index is 9.50. The van der Waals surface area contributed by atoms with Crippen LogP contribution in [0.3, 0.4) is 0 Å². The van der Waals surface area contributed by atoms with Crippen molar-refractivity contribution in [2.45, 2.75) is 265 Å². The molecule has 8 aromatic rings. The third-order valence-electron chi connectivity index (χ3n) is 21.8. The molecular weight excluding hydrogens is 1330 g/mol. The number of rotatable bonds is 2. The number of anilines is 1. The van der Waals surface area contributed by atoms with Gasteiger partial charge in [0, 0.05) is 42.7 Å². The second-order valence-corrected chi connectivity index (χ2v) is 34.3. The van der Waals surface area contributed by atoms with Crippen molar-refractivity contribution < 1.29 is 52.8 Å². The van der Waals surface area contributed by atoms with Crippen molar-refractivity contribution in [1.29, 1.82) is 0 Å². The van der Waals surface area contributed by atoms with E-state index < -0.39 is 0 Å². The van der Waals surface area contributed by atoms with E-state index >= 15 is 0 Å². The molecule has 0 amide bonds. The molecule has 8 aliphatic heterocycles. The van der Waals surface area contributed by atoms with Gasteiger partial charge in [0.2, 0.25) is 0 Å². The van der Waals surface area contributed by atoms with E-state index in [1.54, 1.807) is 14.2 Å². The Balaban J connectivity index is 0.000000141. The number of aliphatic hydroxyl groups is 2. The first-order chi connectivity index (χ1) is 50.4. The van der Waals surface area contributed by atoms with Crippen LogP contribution in [0.4, 0.5) is 5.69 Å². The highest BCUT2D eigenvalue weighted by atomic mass is 16.5. The Morgan fingerprint density at radius 1 is 0.336 bits per heavy atom. The van der Waals surface area contributed by atoms with E-state index in [0.29, 0.717) is 42.8 Å². The highest BCUT2D eigenvalue weighted by Gasteiger charge is 2.36. The number of benzene rings is 8. The van der Waals surface area contributed by atoms with Gasteiger partial charge in [-0.15, -0.1) is 0 Å². The minimum absolute atomic E-state index is 0.00618. The molecule has 0 bridgehead atoms. The number of hydrogen-bond acceptors (Lipinski definition) is 12. The van der Waals surface area contributed by atoms with Crippen LogP contribution in [0.25, 0.3) is 0 Å². The second kappa shape index (κ2) is 35.4. The van der Waals surface area contributed by atoms with Gasteiger partial charge >= 0.3 is 0 Å². The second-order valence-electron chi connectivity index (χ2n) is 34.3. The number of nitrogens with zero attached hydrogens (tertiary/aromatic N) is 1. The zero-order valence-corrected chi connectivity index (χ0v) is 68.8. The Morgan fingerprint density at radius 3 is 1.13 bits per heavy atom. The molecule has 107 heavy (non-hydrogen) atoms. The Labute approximate surface area is 642 Å². The lowest BCUT2D eigenvalue weighted by atomic mass is 9.85. The molecule has 12 heteroatoms. The molecule has 0 aromatic heterocycles. The SMILES string of the molecule is CC1CC(C)(C)Oc2ccccc21.CC1CCN(C)c2ccccc21.CC1c2ccccc2OC[C@@H]1O.CC1c2ccccc2OC[C@H]1O.COc1ccc2c(c1)C(C)CC(C)(C)O2.COc1ccc2c(c1)OC(C)(C)CC2C.Cc1ccc2c(c1)C(C)CC(C)(C)O2.Cc1ccc2c(c1)OC(C)(C)CC2C. The Kier molecular flexibility index (Phi) is 27.3. The molecule has 0 radical (unpaired) electrons. The van der Waals surface area contributed by atoms with Crippen molar-refractivity contribution in [1.82, 2.24) is 0 Å². The van der Waals surface area contributed by atoms with Crippen LogP contribution < -0.4 is 47.5 Å². The normalized spacial score (nSPS) is 24.3. The standard InChI is InChI=1S/2C13H18O2.2C13H18O.C12H16O.C11H15N.2C10H12O2/c1-9-8-13(2,3)15-12-6-5-10(14-4)7-11(9)12;1-9-8-13(2,3)15-12-7-10(14-4)5-6-11(9)12;1-9-5-6-12-11(7-9)10(2)8-13(3,4)14-12;1-9-5-6-11-10(2)8-13(3,4)14-12(11)7-9;1-9-8-12(2,3)13-11-7-5-4-6-10(9)11;1-9-7-8-12(2)11-6-4-3-5-10(9)11;2*1-7-8-4-2-3-5-10(8)12-6-9(7)11/h2*5-7,9H,8H2,1-4H3;2*5-7,10H,8H2,1-4H3;4-7,9H,8H2,1-3H3;3-6,9H,7-8H2,1-2H3;2*2-5,7,9,11H,6H2,1H3/t;;;;;;2*7?,9-/m......10/s1. The maximum atomic E-state index is 9.50. The van der Waals surface area contributed by atoms with Crippen LogP contribution >= 0.6 is 0 Å². The summed E-state index contributed by atoms with van der Waals surface area (Å²) in [6.45, 7) is 45.4. The minimum atomic E-state index is -0.361. The smallest absolute Gasteiger partial charge is 0.127 e. The monoisotopic (exact) mass is 1460 g/mol. The minimum Gasteiger partial charge on any atom is -0.497 e. The molecule has 0 aliphatic carbocycles. The zero-order valence-electron chi connectivity index (χ0n) is 68.8. The first kappa shape index (κ1) is 82.7. The summed E-state index contributed by atoms with van der Waals surface area (Å²) in [4.78, 5) is 2.34. The average molecular weight is 1460 g/mol. The van der Waals surface area contributed by atoms with Gasteiger partial charge in [0.15, 0.2) is 0 Å². The van der Waals surface area contributed by atoms with E-state index in [1.807, 2.05) is 92.7 Å². The molecule has 12 nitrogen and oxygen atoms in total. The lowest BCUT2D eigenvalue weighted by Gasteiger charge is -2.36. The van der Waals surface area contributed by atoms with Crippen LogP contribution in [0.5, 0.6) is 51.7 Å². The van der Waals surface area contributed by atoms with Gasteiger partial charge in [0.05, 0.1) is 26.4 Å². The van der Waals surface area contributed by atoms with E-state index in [1.165, 1.54) is 63.2 Å². The number of para-hydroxylation sites is 4. The molecule has 0 saturated carbocycles. The van der Waals surface area contributed by atoms with Crippen molar-refractivity contribution in [2.75, 3.05) is 45.9 Å². The molecule has 0 spiro atoms. The number of ether oxygens (including phenoxy) is 9. The van der Waals surface area contributed by atoms with Crippen LogP contribution in [-0.4, -0.2) is 91.5 Å². The highest BCUT2D eigenvalue weighted by Crippen LogP contribution is 2.47. The van der Waals surface area contributed by atoms with Gasteiger partial charge in [-0.3, -0.25) is 0 Å². The van der Waals surface area contributed by atoms with E-state index in [2.05, 4.69) is 228 Å². The summed E-state index contributed by atoms with van der Waals surface area (Å²) < 4.78 is 50.8. The first-order valence-corrected chi connectivity index (χ1v) is 39.1. The van der Waals surface area contributed by atoms with Gasteiger partial charge < -0.3 is 57.7 Å². The Morgan fingerprint density at radius 2 is 0.664 bits per heavy atom. The van der Waals surface area contributed by atoms with Crippen molar-refractivity contribution in [2.24, 2.45) is 0 Å². The predicted octanol–water partition coefficient (Wildman–Crippen LogP) is 23.1. The van der Waals surface area contributed by atoms with Gasteiger partial charge in [0.1, 0.15) is 93.0 Å². The molecular formula is C95H127NO11. The van der Waals surface area contributed by atoms with Crippen LogP contribution in [0.15, 0.2) is 170 Å². The number of fused-ring (bicyclic) bond motifs is 8. The summed E-state index contributed by atoms with van der Waals surface area (Å²) in [7, 11) is 5.55. The summed E-state index contributed by atoms with van der Waals surface area (Å²) in [5.41, 5.74) is 14.2. The van der Waals surface area contributed by atoms with Crippen LogP contribution in [-0.2, 0) is 0 Å². The van der Waals surface area contributed by atoms with Crippen molar-refractivity contribution in [3.05, 3.63) is 225 Å². The van der Waals surface area contributed by atoms with E-state index in [4.69, 9.17) is 42.6 Å².